The summed E-state index contributed by atoms with van der Waals surface area (Å²) in [6, 6.07) is 11.0. The summed E-state index contributed by atoms with van der Waals surface area (Å²) in [6.45, 7) is 0. The number of carbonyl (C=O) groups is 2. The first kappa shape index (κ1) is 15.4. The molecule has 6 heteroatoms. The fourth-order valence-corrected chi connectivity index (χ4v) is 4.14. The monoisotopic (exact) mass is 345 g/mol. The number of amides is 1. The summed E-state index contributed by atoms with van der Waals surface area (Å²) in [5, 5.41) is 14.6. The third-order valence-corrected chi connectivity index (χ3v) is 5.32. The van der Waals surface area contributed by atoms with Crippen molar-refractivity contribution in [3.8, 4) is 0 Å². The third kappa shape index (κ3) is 2.36. The standard InChI is InChI=1S/C18H16ClNO4/c19-11-5-6-12(10-4-2-1-3-9(10)11)20-17(21)15-13-7-8-14(24-13)16(15)18(22)23/h1-6,13-16H,7-8H2,(H,20,21)(H,22,23)/t13-,14-,15+,16-/m1/s1. The molecule has 2 saturated heterocycles. The van der Waals surface area contributed by atoms with Crippen LogP contribution in [-0.4, -0.2) is 29.2 Å². The van der Waals surface area contributed by atoms with Crippen molar-refractivity contribution >= 4 is 39.9 Å². The van der Waals surface area contributed by atoms with E-state index in [-0.39, 0.29) is 18.1 Å². The molecule has 2 fully saturated rings. The molecular formula is C18H16ClNO4. The highest BCUT2D eigenvalue weighted by molar-refractivity contribution is 6.36. The summed E-state index contributed by atoms with van der Waals surface area (Å²) in [7, 11) is 0. The quantitative estimate of drug-likeness (QED) is 0.894. The Morgan fingerprint density at radius 2 is 1.71 bits per heavy atom. The Kier molecular flexibility index (Phi) is 3.70. The molecule has 0 spiro atoms. The van der Waals surface area contributed by atoms with E-state index in [1.54, 1.807) is 12.1 Å². The minimum Gasteiger partial charge on any atom is -0.481 e. The number of aliphatic carboxylic acids is 1. The van der Waals surface area contributed by atoms with E-state index in [4.69, 9.17) is 16.3 Å². The summed E-state index contributed by atoms with van der Waals surface area (Å²) in [5.41, 5.74) is 0.631. The highest BCUT2D eigenvalue weighted by atomic mass is 35.5. The molecule has 5 nitrogen and oxygen atoms in total. The van der Waals surface area contributed by atoms with Crippen molar-refractivity contribution < 1.29 is 19.4 Å². The molecule has 4 rings (SSSR count). The second kappa shape index (κ2) is 5.76. The van der Waals surface area contributed by atoms with Gasteiger partial charge in [0.2, 0.25) is 5.91 Å². The van der Waals surface area contributed by atoms with Gasteiger partial charge in [-0.25, -0.2) is 0 Å². The van der Waals surface area contributed by atoms with Crippen molar-refractivity contribution in [3.05, 3.63) is 41.4 Å². The number of halogens is 1. The molecule has 1 amide bonds. The van der Waals surface area contributed by atoms with Crippen LogP contribution in [0.4, 0.5) is 5.69 Å². The average Bonchev–Trinajstić information content (AvgIpc) is 3.18. The predicted molar refractivity (Wildman–Crippen MR) is 90.1 cm³/mol. The van der Waals surface area contributed by atoms with Crippen LogP contribution < -0.4 is 5.32 Å². The Morgan fingerprint density at radius 3 is 2.42 bits per heavy atom. The van der Waals surface area contributed by atoms with Gasteiger partial charge in [-0.15, -0.1) is 0 Å². The van der Waals surface area contributed by atoms with Crippen LogP contribution in [0.25, 0.3) is 10.8 Å². The number of carboxylic acid groups (broad SMARTS) is 1. The van der Waals surface area contributed by atoms with E-state index in [9.17, 15) is 14.7 Å². The predicted octanol–water partition coefficient (Wildman–Crippen LogP) is 3.31. The first-order chi connectivity index (χ1) is 11.6. The smallest absolute Gasteiger partial charge is 0.310 e. The number of carbonyl (C=O) groups excluding carboxylic acids is 1. The summed E-state index contributed by atoms with van der Waals surface area (Å²) in [6.07, 6.45) is 0.767. The molecule has 0 saturated carbocycles. The number of fused-ring (bicyclic) bond motifs is 3. The minimum atomic E-state index is -0.969. The van der Waals surface area contributed by atoms with E-state index in [0.29, 0.717) is 17.1 Å². The number of hydrogen-bond acceptors (Lipinski definition) is 3. The lowest BCUT2D eigenvalue weighted by molar-refractivity contribution is -0.147. The number of ether oxygens (including phenoxy) is 1. The number of hydrogen-bond donors (Lipinski definition) is 2. The van der Waals surface area contributed by atoms with Crippen molar-refractivity contribution in [2.24, 2.45) is 11.8 Å². The van der Waals surface area contributed by atoms with Gasteiger partial charge in [-0.1, -0.05) is 35.9 Å². The Labute approximate surface area is 143 Å². The van der Waals surface area contributed by atoms with Gasteiger partial charge in [0, 0.05) is 21.5 Å². The molecule has 2 heterocycles. The van der Waals surface area contributed by atoms with E-state index in [1.807, 2.05) is 24.3 Å². The second-order valence-corrected chi connectivity index (χ2v) is 6.72. The van der Waals surface area contributed by atoms with Crippen LogP contribution in [0.3, 0.4) is 0 Å². The molecule has 2 aliphatic rings. The summed E-state index contributed by atoms with van der Waals surface area (Å²) >= 11 is 6.20. The zero-order valence-corrected chi connectivity index (χ0v) is 13.5. The van der Waals surface area contributed by atoms with Gasteiger partial charge in [0.15, 0.2) is 0 Å². The van der Waals surface area contributed by atoms with Gasteiger partial charge in [-0.3, -0.25) is 9.59 Å². The van der Waals surface area contributed by atoms with Crippen LogP contribution in [0.15, 0.2) is 36.4 Å². The number of rotatable bonds is 3. The van der Waals surface area contributed by atoms with Crippen molar-refractivity contribution in [1.29, 1.82) is 0 Å². The first-order valence-electron chi connectivity index (χ1n) is 7.92. The highest BCUT2D eigenvalue weighted by Gasteiger charge is 2.55. The molecule has 0 aliphatic carbocycles. The topological polar surface area (TPSA) is 75.6 Å². The lowest BCUT2D eigenvalue weighted by Gasteiger charge is -2.24. The largest absolute Gasteiger partial charge is 0.481 e. The number of anilines is 1. The van der Waals surface area contributed by atoms with E-state index in [2.05, 4.69) is 5.32 Å². The third-order valence-electron chi connectivity index (χ3n) is 4.99. The van der Waals surface area contributed by atoms with E-state index in [0.717, 1.165) is 17.2 Å². The maximum atomic E-state index is 12.8. The maximum absolute atomic E-state index is 12.8. The average molecular weight is 346 g/mol. The molecule has 0 radical (unpaired) electrons. The lowest BCUT2D eigenvalue weighted by atomic mass is 9.78. The fourth-order valence-electron chi connectivity index (χ4n) is 3.91. The van der Waals surface area contributed by atoms with Crippen LogP contribution in [-0.2, 0) is 14.3 Å². The van der Waals surface area contributed by atoms with Gasteiger partial charge in [0.25, 0.3) is 0 Å². The maximum Gasteiger partial charge on any atom is 0.310 e. The highest BCUT2D eigenvalue weighted by Crippen LogP contribution is 2.44. The Hall–Kier alpha value is -2.11. The van der Waals surface area contributed by atoms with Gasteiger partial charge in [0.05, 0.1) is 24.0 Å². The normalized spacial score (nSPS) is 28.2. The minimum absolute atomic E-state index is 0.304. The summed E-state index contributed by atoms with van der Waals surface area (Å²) in [5.74, 6) is -2.71. The molecular weight excluding hydrogens is 330 g/mol. The molecule has 24 heavy (non-hydrogen) atoms. The first-order valence-corrected chi connectivity index (χ1v) is 8.30. The van der Waals surface area contributed by atoms with Crippen molar-refractivity contribution in [1.82, 2.24) is 0 Å². The van der Waals surface area contributed by atoms with Crippen LogP contribution in [0.2, 0.25) is 5.02 Å². The second-order valence-electron chi connectivity index (χ2n) is 6.31. The molecule has 2 N–H and O–H groups in total. The van der Waals surface area contributed by atoms with Gasteiger partial charge in [0.1, 0.15) is 0 Å². The number of benzene rings is 2. The molecule has 2 aliphatic heterocycles. The van der Waals surface area contributed by atoms with E-state index >= 15 is 0 Å². The zero-order chi connectivity index (χ0) is 16.8. The van der Waals surface area contributed by atoms with Crippen molar-refractivity contribution in [2.75, 3.05) is 5.32 Å². The molecule has 0 unspecified atom stereocenters. The van der Waals surface area contributed by atoms with Crippen LogP contribution in [0, 0.1) is 11.8 Å². The van der Waals surface area contributed by atoms with Crippen molar-refractivity contribution in [3.63, 3.8) is 0 Å². The van der Waals surface area contributed by atoms with Crippen LogP contribution >= 0.6 is 11.6 Å². The van der Waals surface area contributed by atoms with Gasteiger partial charge in [-0.05, 0) is 25.0 Å². The summed E-state index contributed by atoms with van der Waals surface area (Å²) < 4.78 is 5.66. The van der Waals surface area contributed by atoms with Gasteiger partial charge >= 0.3 is 5.97 Å². The van der Waals surface area contributed by atoms with Crippen LogP contribution in [0.1, 0.15) is 12.8 Å². The number of nitrogens with one attached hydrogen (secondary N) is 1. The molecule has 4 atom stereocenters. The molecule has 124 valence electrons. The fraction of sp³-hybridized carbons (Fsp3) is 0.333. The van der Waals surface area contributed by atoms with E-state index < -0.39 is 17.8 Å². The van der Waals surface area contributed by atoms with Gasteiger partial charge < -0.3 is 15.2 Å². The summed E-state index contributed by atoms with van der Waals surface area (Å²) in [4.78, 5) is 24.3. The molecule has 0 aromatic heterocycles. The molecule has 2 bridgehead atoms. The Morgan fingerprint density at radius 1 is 1.04 bits per heavy atom. The Balaban J connectivity index is 1.65. The number of carboxylic acids is 1. The van der Waals surface area contributed by atoms with Gasteiger partial charge in [-0.2, -0.15) is 0 Å². The molecule has 2 aromatic rings. The van der Waals surface area contributed by atoms with E-state index in [1.165, 1.54) is 0 Å². The van der Waals surface area contributed by atoms with Crippen molar-refractivity contribution in [2.45, 2.75) is 25.0 Å². The zero-order valence-electron chi connectivity index (χ0n) is 12.7. The lowest BCUT2D eigenvalue weighted by Crippen LogP contribution is -2.40. The SMILES string of the molecule is O=C(Nc1ccc(Cl)c2ccccc12)[C@@H]1[C@H](C(=O)O)[C@H]2CC[C@H]1O2. The molecule has 2 aromatic carbocycles. The van der Waals surface area contributed by atoms with Crippen LogP contribution in [0.5, 0.6) is 0 Å². The Bertz CT molecular complexity index is 837.